The SMILES string of the molecule is N#Cc1c(NC(=O)c2cccc3ccccc23)sc2c1CCN(C(=O)CC[NH+]1CCCCC1)C2. The quantitative estimate of drug-likeness (QED) is 0.597. The number of rotatable bonds is 5. The minimum absolute atomic E-state index is 0.192. The first-order valence-electron chi connectivity index (χ1n) is 12.1. The summed E-state index contributed by atoms with van der Waals surface area (Å²) in [5.74, 6) is -0.0266. The molecule has 6 nitrogen and oxygen atoms in total. The molecule has 2 aliphatic heterocycles. The van der Waals surface area contributed by atoms with Gasteiger partial charge in [-0.1, -0.05) is 36.4 Å². The molecular formula is C27H29N4O2S+. The Balaban J connectivity index is 1.30. The van der Waals surface area contributed by atoms with Gasteiger partial charge in [0.05, 0.1) is 38.2 Å². The highest BCUT2D eigenvalue weighted by Crippen LogP contribution is 2.37. The van der Waals surface area contributed by atoms with Crippen LogP contribution >= 0.6 is 11.3 Å². The van der Waals surface area contributed by atoms with Gasteiger partial charge in [0.1, 0.15) is 11.1 Å². The number of carbonyl (C=O) groups excluding carboxylic acids is 2. The number of benzene rings is 2. The molecule has 2 amide bonds. The minimum Gasteiger partial charge on any atom is -0.337 e. The fourth-order valence-corrected chi connectivity index (χ4v) is 6.37. The molecule has 34 heavy (non-hydrogen) atoms. The van der Waals surface area contributed by atoms with E-state index in [4.69, 9.17) is 0 Å². The number of fused-ring (bicyclic) bond motifs is 2. The van der Waals surface area contributed by atoms with Crippen LogP contribution in [0.4, 0.5) is 5.00 Å². The Labute approximate surface area is 203 Å². The lowest BCUT2D eigenvalue weighted by Gasteiger charge is -2.28. The molecule has 3 aromatic rings. The van der Waals surface area contributed by atoms with Crippen LogP contribution in [0.15, 0.2) is 42.5 Å². The highest BCUT2D eigenvalue weighted by molar-refractivity contribution is 7.16. The molecule has 0 unspecified atom stereocenters. The Morgan fingerprint density at radius 3 is 2.71 bits per heavy atom. The van der Waals surface area contributed by atoms with Crippen LogP contribution in [0, 0.1) is 11.3 Å². The van der Waals surface area contributed by atoms with Gasteiger partial charge in [0.25, 0.3) is 5.91 Å². The summed E-state index contributed by atoms with van der Waals surface area (Å²) in [5.41, 5.74) is 2.11. The molecule has 0 aliphatic carbocycles. The molecule has 1 fully saturated rings. The number of likely N-dealkylation sites (tertiary alicyclic amines) is 1. The van der Waals surface area contributed by atoms with Crippen LogP contribution in [-0.2, 0) is 17.8 Å². The third-order valence-corrected chi connectivity index (χ3v) is 8.17. The predicted octanol–water partition coefficient (Wildman–Crippen LogP) is 3.37. The maximum Gasteiger partial charge on any atom is 0.256 e. The molecule has 0 atom stereocenters. The number of nitriles is 1. The van der Waals surface area contributed by atoms with Crippen molar-refractivity contribution in [2.75, 3.05) is 31.5 Å². The van der Waals surface area contributed by atoms with Crippen molar-refractivity contribution in [1.82, 2.24) is 4.90 Å². The van der Waals surface area contributed by atoms with Crippen LogP contribution in [0.5, 0.6) is 0 Å². The second kappa shape index (κ2) is 9.96. The van der Waals surface area contributed by atoms with Gasteiger partial charge in [-0.05, 0) is 48.1 Å². The zero-order valence-electron chi connectivity index (χ0n) is 19.2. The lowest BCUT2D eigenvalue weighted by atomic mass is 10.0. The van der Waals surface area contributed by atoms with Gasteiger partial charge in [-0.2, -0.15) is 5.26 Å². The topological polar surface area (TPSA) is 77.6 Å². The molecule has 7 heteroatoms. The first kappa shape index (κ1) is 22.6. The zero-order valence-corrected chi connectivity index (χ0v) is 20.0. The van der Waals surface area contributed by atoms with Gasteiger partial charge in [-0.25, -0.2) is 0 Å². The fourth-order valence-electron chi connectivity index (χ4n) is 5.16. The number of thiophene rings is 1. The van der Waals surface area contributed by atoms with E-state index >= 15 is 0 Å². The van der Waals surface area contributed by atoms with Crippen molar-refractivity contribution in [3.63, 3.8) is 0 Å². The number of quaternary nitrogens is 1. The molecule has 174 valence electrons. The van der Waals surface area contributed by atoms with E-state index in [9.17, 15) is 14.9 Å². The Hall–Kier alpha value is -3.21. The summed E-state index contributed by atoms with van der Waals surface area (Å²) in [6.45, 7) is 4.40. The Kier molecular flexibility index (Phi) is 6.61. The third-order valence-electron chi connectivity index (χ3n) is 7.04. The van der Waals surface area contributed by atoms with Gasteiger partial charge >= 0.3 is 0 Å². The maximum atomic E-state index is 13.1. The largest absolute Gasteiger partial charge is 0.337 e. The summed E-state index contributed by atoms with van der Waals surface area (Å²) in [4.78, 5) is 30.5. The van der Waals surface area contributed by atoms with E-state index in [2.05, 4.69) is 11.4 Å². The molecule has 0 saturated carbocycles. The van der Waals surface area contributed by atoms with Gasteiger partial charge in [0, 0.05) is 17.0 Å². The first-order chi connectivity index (χ1) is 16.6. The zero-order chi connectivity index (χ0) is 23.5. The van der Waals surface area contributed by atoms with Crippen molar-refractivity contribution in [3.8, 4) is 6.07 Å². The van der Waals surface area contributed by atoms with Crippen LogP contribution in [0.3, 0.4) is 0 Å². The summed E-state index contributed by atoms with van der Waals surface area (Å²) in [7, 11) is 0. The Bertz CT molecular complexity index is 1260. The van der Waals surface area contributed by atoms with Crippen LogP contribution in [0.25, 0.3) is 10.8 Å². The average Bonchev–Trinajstić information content (AvgIpc) is 3.23. The van der Waals surface area contributed by atoms with Crippen LogP contribution in [0.2, 0.25) is 0 Å². The van der Waals surface area contributed by atoms with Gasteiger partial charge in [-0.15, -0.1) is 11.3 Å². The Morgan fingerprint density at radius 2 is 1.88 bits per heavy atom. The van der Waals surface area contributed by atoms with Crippen LogP contribution in [-0.4, -0.2) is 42.9 Å². The molecular weight excluding hydrogens is 444 g/mol. The lowest BCUT2D eigenvalue weighted by Crippen LogP contribution is -3.12. The molecule has 0 spiro atoms. The van der Waals surface area contributed by atoms with Crippen molar-refractivity contribution in [2.24, 2.45) is 0 Å². The second-order valence-corrected chi connectivity index (χ2v) is 10.3. The van der Waals surface area contributed by atoms with Crippen molar-refractivity contribution in [1.29, 1.82) is 5.26 Å². The normalized spacial score (nSPS) is 16.1. The average molecular weight is 474 g/mol. The van der Waals surface area contributed by atoms with E-state index in [0.717, 1.165) is 27.8 Å². The fraction of sp³-hybridized carbons (Fsp3) is 0.370. The van der Waals surface area contributed by atoms with Gasteiger partial charge in [0.15, 0.2) is 0 Å². The van der Waals surface area contributed by atoms with Gasteiger partial charge in [0.2, 0.25) is 5.91 Å². The van der Waals surface area contributed by atoms with Crippen molar-refractivity contribution >= 4 is 38.9 Å². The predicted molar refractivity (Wildman–Crippen MR) is 134 cm³/mol. The number of nitrogens with zero attached hydrogens (tertiary/aromatic N) is 2. The molecule has 2 N–H and O–H groups in total. The van der Waals surface area contributed by atoms with Crippen molar-refractivity contribution in [3.05, 3.63) is 64.0 Å². The minimum atomic E-state index is -0.218. The number of piperidine rings is 1. The summed E-state index contributed by atoms with van der Waals surface area (Å²) >= 11 is 1.43. The highest BCUT2D eigenvalue weighted by Gasteiger charge is 2.28. The number of anilines is 1. The van der Waals surface area contributed by atoms with Crippen molar-refractivity contribution < 1.29 is 14.5 Å². The monoisotopic (exact) mass is 473 g/mol. The second-order valence-electron chi connectivity index (χ2n) is 9.18. The van der Waals surface area contributed by atoms with Crippen LogP contribution in [0.1, 0.15) is 52.0 Å². The number of carbonyl (C=O) groups is 2. The third kappa shape index (κ3) is 4.56. The molecule has 5 rings (SSSR count). The number of nitrogens with one attached hydrogen (secondary N) is 2. The summed E-state index contributed by atoms with van der Waals surface area (Å²) < 4.78 is 0. The standard InChI is InChI=1S/C27H28N4O2S/c28-17-23-21-11-16-31(25(32)12-15-30-13-4-1-5-14-30)18-24(21)34-27(23)29-26(33)22-10-6-8-19-7-2-3-9-20(19)22/h2-3,6-10H,1,4-5,11-16,18H2,(H,29,33)/p+1. The van der Waals surface area contributed by atoms with E-state index in [1.165, 1.54) is 43.7 Å². The van der Waals surface area contributed by atoms with Crippen molar-refractivity contribution in [2.45, 2.75) is 38.6 Å². The van der Waals surface area contributed by atoms with Gasteiger partial charge < -0.3 is 15.1 Å². The van der Waals surface area contributed by atoms with E-state index in [0.29, 0.717) is 42.1 Å². The van der Waals surface area contributed by atoms with E-state index in [1.54, 1.807) is 4.90 Å². The maximum absolute atomic E-state index is 13.1. The summed E-state index contributed by atoms with van der Waals surface area (Å²) in [6, 6.07) is 15.7. The summed E-state index contributed by atoms with van der Waals surface area (Å²) in [5, 5.41) is 15.3. The molecule has 1 saturated heterocycles. The lowest BCUT2D eigenvalue weighted by molar-refractivity contribution is -0.904. The highest BCUT2D eigenvalue weighted by atomic mass is 32.1. The molecule has 1 aromatic heterocycles. The first-order valence-corrected chi connectivity index (χ1v) is 12.9. The molecule has 0 radical (unpaired) electrons. The van der Waals surface area contributed by atoms with E-state index in [-0.39, 0.29) is 11.8 Å². The molecule has 0 bridgehead atoms. The van der Waals surface area contributed by atoms with Gasteiger partial charge in [-0.3, -0.25) is 9.59 Å². The van der Waals surface area contributed by atoms with E-state index < -0.39 is 0 Å². The number of hydrogen-bond acceptors (Lipinski definition) is 4. The smallest absolute Gasteiger partial charge is 0.256 e. The summed E-state index contributed by atoms with van der Waals surface area (Å²) in [6.07, 6.45) is 5.06. The number of hydrogen-bond donors (Lipinski definition) is 2. The number of amides is 2. The molecule has 3 heterocycles. The van der Waals surface area contributed by atoms with E-state index in [1.807, 2.05) is 47.4 Å². The van der Waals surface area contributed by atoms with Crippen LogP contribution < -0.4 is 10.2 Å². The molecule has 2 aliphatic rings. The Morgan fingerprint density at radius 1 is 1.09 bits per heavy atom. The molecule has 2 aromatic carbocycles.